The molecule has 22 heavy (non-hydrogen) atoms. The van der Waals surface area contributed by atoms with Crippen LogP contribution in [0.3, 0.4) is 0 Å². The molecule has 0 amide bonds. The van der Waals surface area contributed by atoms with Crippen molar-refractivity contribution in [2.24, 2.45) is 0 Å². The van der Waals surface area contributed by atoms with Gasteiger partial charge in [0.25, 0.3) is 0 Å². The minimum atomic E-state index is 0.104. The number of hydrogen-bond donors (Lipinski definition) is 0. The Labute approximate surface area is 130 Å². The lowest BCUT2D eigenvalue weighted by Gasteiger charge is -2.33. The Morgan fingerprint density at radius 3 is 2.59 bits per heavy atom. The first-order valence-electron chi connectivity index (χ1n) is 7.92. The minimum absolute atomic E-state index is 0.104. The minimum Gasteiger partial charge on any atom is -0.339 e. The van der Waals surface area contributed by atoms with E-state index in [4.69, 9.17) is 9.05 Å². The van der Waals surface area contributed by atoms with Gasteiger partial charge in [0.15, 0.2) is 11.6 Å². The maximum Gasteiger partial charge on any atom is 0.243 e. The highest BCUT2D eigenvalue weighted by Crippen LogP contribution is 2.31. The van der Waals surface area contributed by atoms with Crippen molar-refractivity contribution in [3.8, 4) is 0 Å². The van der Waals surface area contributed by atoms with Crippen LogP contribution in [0.4, 0.5) is 0 Å². The number of likely N-dealkylation sites (tertiary alicyclic amines) is 1. The molecule has 2 aromatic rings. The average molecular weight is 305 g/mol. The van der Waals surface area contributed by atoms with Crippen LogP contribution in [-0.4, -0.2) is 38.3 Å². The lowest BCUT2D eigenvalue weighted by Crippen LogP contribution is -2.36. The zero-order valence-corrected chi connectivity index (χ0v) is 13.6. The van der Waals surface area contributed by atoms with Crippen molar-refractivity contribution >= 4 is 0 Å². The highest BCUT2D eigenvalue weighted by Gasteiger charge is 2.30. The lowest BCUT2D eigenvalue weighted by molar-refractivity contribution is 0.123. The molecule has 7 nitrogen and oxygen atoms in total. The van der Waals surface area contributed by atoms with Crippen LogP contribution in [0.25, 0.3) is 0 Å². The third-order valence-corrected chi connectivity index (χ3v) is 4.22. The molecule has 0 aliphatic carbocycles. The fraction of sp³-hybridized carbons (Fsp3) is 0.733. The summed E-state index contributed by atoms with van der Waals surface area (Å²) in [6.07, 6.45) is 2.17. The number of hydrogen-bond acceptors (Lipinski definition) is 7. The van der Waals surface area contributed by atoms with Crippen LogP contribution in [-0.2, 0) is 0 Å². The van der Waals surface area contributed by atoms with Gasteiger partial charge in [-0.25, -0.2) is 0 Å². The van der Waals surface area contributed by atoms with Crippen LogP contribution in [0.2, 0.25) is 0 Å². The van der Waals surface area contributed by atoms with Crippen molar-refractivity contribution in [3.63, 3.8) is 0 Å². The van der Waals surface area contributed by atoms with Crippen molar-refractivity contribution in [2.75, 3.05) is 13.1 Å². The van der Waals surface area contributed by atoms with Gasteiger partial charge in [0.1, 0.15) is 0 Å². The lowest BCUT2D eigenvalue weighted by atomic mass is 9.96. The van der Waals surface area contributed by atoms with E-state index in [1.807, 2.05) is 6.92 Å². The highest BCUT2D eigenvalue weighted by atomic mass is 16.5. The van der Waals surface area contributed by atoms with E-state index < -0.39 is 0 Å². The second kappa shape index (κ2) is 6.16. The number of aromatic nitrogens is 4. The SMILES string of the molecule is Cc1noc([C@@H]2CCCN([C@H](C)c3nc(C(C)C)no3)C2)n1. The Hall–Kier alpha value is -1.76. The van der Waals surface area contributed by atoms with E-state index in [9.17, 15) is 0 Å². The third-order valence-electron chi connectivity index (χ3n) is 4.22. The van der Waals surface area contributed by atoms with Crippen molar-refractivity contribution < 1.29 is 9.05 Å². The van der Waals surface area contributed by atoms with Crippen LogP contribution in [0.15, 0.2) is 9.05 Å². The topological polar surface area (TPSA) is 81.1 Å². The molecular formula is C15H23N5O2. The van der Waals surface area contributed by atoms with Crippen molar-refractivity contribution in [1.29, 1.82) is 0 Å². The summed E-state index contributed by atoms with van der Waals surface area (Å²) in [7, 11) is 0. The van der Waals surface area contributed by atoms with E-state index in [1.165, 1.54) is 0 Å². The van der Waals surface area contributed by atoms with E-state index in [0.717, 1.165) is 37.6 Å². The molecule has 0 saturated carbocycles. The molecule has 1 fully saturated rings. The van der Waals surface area contributed by atoms with Gasteiger partial charge in [-0.05, 0) is 33.2 Å². The van der Waals surface area contributed by atoms with Gasteiger partial charge in [-0.15, -0.1) is 0 Å². The molecule has 3 rings (SSSR count). The first-order valence-corrected chi connectivity index (χ1v) is 7.92. The molecule has 0 radical (unpaired) electrons. The number of rotatable bonds is 4. The molecule has 0 N–H and O–H groups in total. The molecule has 0 unspecified atom stereocenters. The molecule has 1 aliphatic heterocycles. The van der Waals surface area contributed by atoms with E-state index in [-0.39, 0.29) is 17.9 Å². The maximum atomic E-state index is 5.43. The van der Waals surface area contributed by atoms with Crippen LogP contribution < -0.4 is 0 Å². The van der Waals surface area contributed by atoms with Crippen LogP contribution >= 0.6 is 0 Å². The van der Waals surface area contributed by atoms with E-state index in [1.54, 1.807) is 0 Å². The van der Waals surface area contributed by atoms with Gasteiger partial charge in [0, 0.05) is 12.5 Å². The molecule has 3 heterocycles. The zero-order chi connectivity index (χ0) is 15.7. The van der Waals surface area contributed by atoms with Crippen molar-refractivity contribution in [3.05, 3.63) is 23.4 Å². The molecule has 0 bridgehead atoms. The van der Waals surface area contributed by atoms with Gasteiger partial charge < -0.3 is 9.05 Å². The van der Waals surface area contributed by atoms with Gasteiger partial charge in [-0.1, -0.05) is 24.2 Å². The summed E-state index contributed by atoms with van der Waals surface area (Å²) in [5.41, 5.74) is 0. The summed E-state index contributed by atoms with van der Waals surface area (Å²) >= 11 is 0. The molecule has 120 valence electrons. The van der Waals surface area contributed by atoms with Crippen LogP contribution in [0.1, 0.15) is 74.9 Å². The van der Waals surface area contributed by atoms with Gasteiger partial charge in [-0.3, -0.25) is 4.90 Å². The van der Waals surface area contributed by atoms with E-state index in [0.29, 0.717) is 11.7 Å². The number of aryl methyl sites for hydroxylation is 1. The predicted octanol–water partition coefficient (Wildman–Crippen LogP) is 2.83. The summed E-state index contributed by atoms with van der Waals surface area (Å²) in [6.45, 7) is 9.98. The Morgan fingerprint density at radius 2 is 1.95 bits per heavy atom. The molecule has 1 aliphatic rings. The first kappa shape index (κ1) is 15.1. The predicted molar refractivity (Wildman–Crippen MR) is 79.4 cm³/mol. The largest absolute Gasteiger partial charge is 0.339 e. The van der Waals surface area contributed by atoms with Crippen molar-refractivity contribution in [2.45, 2.75) is 58.4 Å². The van der Waals surface area contributed by atoms with E-state index >= 15 is 0 Å². The third kappa shape index (κ3) is 3.04. The molecule has 0 spiro atoms. The normalized spacial score (nSPS) is 21.4. The average Bonchev–Trinajstić information content (AvgIpc) is 3.15. The molecule has 7 heteroatoms. The maximum absolute atomic E-state index is 5.43. The van der Waals surface area contributed by atoms with Gasteiger partial charge in [0.05, 0.1) is 12.0 Å². The van der Waals surface area contributed by atoms with Gasteiger partial charge >= 0.3 is 0 Å². The second-order valence-corrected chi connectivity index (χ2v) is 6.34. The second-order valence-electron chi connectivity index (χ2n) is 6.34. The molecule has 1 saturated heterocycles. The first-order chi connectivity index (χ1) is 10.5. The molecule has 2 aromatic heterocycles. The smallest absolute Gasteiger partial charge is 0.243 e. The monoisotopic (exact) mass is 305 g/mol. The molecular weight excluding hydrogens is 282 g/mol. The number of nitrogens with zero attached hydrogens (tertiary/aromatic N) is 5. The summed E-state index contributed by atoms with van der Waals surface area (Å²) in [6, 6.07) is 0.104. The van der Waals surface area contributed by atoms with Crippen LogP contribution in [0, 0.1) is 6.92 Å². The summed E-state index contributed by atoms with van der Waals surface area (Å²) in [5, 5.41) is 7.96. The Morgan fingerprint density at radius 1 is 1.14 bits per heavy atom. The molecule has 0 aromatic carbocycles. The fourth-order valence-electron chi connectivity index (χ4n) is 2.85. The Kier molecular flexibility index (Phi) is 4.24. The standard InChI is InChI=1S/C15H23N5O2/c1-9(2)13-17-14(21-19-13)10(3)20-7-5-6-12(8-20)15-16-11(4)18-22-15/h9-10,12H,5-8H2,1-4H3/t10-,12-/m1/s1. The summed E-state index contributed by atoms with van der Waals surface area (Å²) in [5.74, 6) is 3.44. The number of piperidine rings is 1. The summed E-state index contributed by atoms with van der Waals surface area (Å²) < 4.78 is 10.8. The van der Waals surface area contributed by atoms with Gasteiger partial charge in [-0.2, -0.15) is 9.97 Å². The van der Waals surface area contributed by atoms with E-state index in [2.05, 4.69) is 46.0 Å². The Balaban J connectivity index is 1.70. The zero-order valence-electron chi connectivity index (χ0n) is 13.6. The Bertz CT molecular complexity index is 621. The van der Waals surface area contributed by atoms with Gasteiger partial charge in [0.2, 0.25) is 11.8 Å². The molecule has 2 atom stereocenters. The fourth-order valence-corrected chi connectivity index (χ4v) is 2.85. The van der Waals surface area contributed by atoms with Crippen molar-refractivity contribution in [1.82, 2.24) is 25.2 Å². The highest BCUT2D eigenvalue weighted by molar-refractivity contribution is 5.00. The summed E-state index contributed by atoms with van der Waals surface area (Å²) in [4.78, 5) is 11.2. The van der Waals surface area contributed by atoms with Crippen LogP contribution in [0.5, 0.6) is 0 Å². The quantitative estimate of drug-likeness (QED) is 0.859.